The first-order chi connectivity index (χ1) is 5.68. The molecule has 0 heterocycles. The molecule has 13 heavy (non-hydrogen) atoms. The summed E-state index contributed by atoms with van der Waals surface area (Å²) < 4.78 is 0. The monoisotopic (exact) mass is 184 g/mol. The fourth-order valence-corrected chi connectivity index (χ4v) is 1.89. The second-order valence-corrected chi connectivity index (χ2v) is 5.43. The minimum atomic E-state index is -0.697. The Balaban J connectivity index is 4.24. The van der Waals surface area contributed by atoms with Crippen LogP contribution in [0.2, 0.25) is 6.32 Å². The van der Waals surface area contributed by atoms with E-state index in [0.717, 1.165) is 12.7 Å². The average Bonchev–Trinajstić information content (AvgIpc) is 1.81. The molecule has 0 aromatic carbocycles. The van der Waals surface area contributed by atoms with Crippen LogP contribution in [0.5, 0.6) is 0 Å². The lowest BCUT2D eigenvalue weighted by Gasteiger charge is -2.33. The van der Waals surface area contributed by atoms with Crippen LogP contribution in [-0.2, 0) is 4.79 Å². The Morgan fingerprint density at radius 2 is 1.69 bits per heavy atom. The molecule has 0 aliphatic rings. The zero-order valence-corrected chi connectivity index (χ0v) is 9.48. The lowest BCUT2D eigenvalue weighted by atomic mass is 9.68. The van der Waals surface area contributed by atoms with Gasteiger partial charge in [0, 0.05) is 0 Å². The number of carbonyl (C=O) groups is 1. The zero-order chi connectivity index (χ0) is 10.7. The van der Waals surface area contributed by atoms with Gasteiger partial charge in [-0.25, -0.2) is 0 Å². The minimum Gasteiger partial charge on any atom is -0.481 e. The summed E-state index contributed by atoms with van der Waals surface area (Å²) in [5.74, 6) is -0.697. The summed E-state index contributed by atoms with van der Waals surface area (Å²) in [6.07, 6.45) is 2.31. The summed E-state index contributed by atoms with van der Waals surface area (Å²) in [5, 5.41) is 8.72. The summed E-state index contributed by atoms with van der Waals surface area (Å²) in [7, 11) is 2.15. The van der Waals surface area contributed by atoms with E-state index in [1.807, 2.05) is 13.8 Å². The van der Waals surface area contributed by atoms with Crippen molar-refractivity contribution in [2.75, 3.05) is 0 Å². The van der Waals surface area contributed by atoms with Crippen molar-refractivity contribution in [2.45, 2.75) is 46.9 Å². The fraction of sp³-hybridized carbons (Fsp3) is 0.900. The van der Waals surface area contributed by atoms with E-state index in [4.69, 9.17) is 5.11 Å². The first-order valence-corrected chi connectivity index (χ1v) is 4.90. The second kappa shape index (κ2) is 4.16. The van der Waals surface area contributed by atoms with Gasteiger partial charge in [-0.2, -0.15) is 0 Å². The lowest BCUT2D eigenvalue weighted by Crippen LogP contribution is -2.25. The number of carboxylic acids is 1. The van der Waals surface area contributed by atoms with Gasteiger partial charge >= 0.3 is 5.97 Å². The molecule has 0 fully saturated rings. The van der Waals surface area contributed by atoms with Crippen molar-refractivity contribution in [3.05, 3.63) is 0 Å². The maximum Gasteiger partial charge on any atom is 0.303 e. The standard InChI is InChI=1S/C10H21BO2/c1-9(2,5-8(12)13)6-10(3,4)7-11/h5-7,11H2,1-4H3,(H,12,13). The third kappa shape index (κ3) is 5.72. The first kappa shape index (κ1) is 12.5. The van der Waals surface area contributed by atoms with Crippen molar-refractivity contribution < 1.29 is 9.90 Å². The smallest absolute Gasteiger partial charge is 0.303 e. The van der Waals surface area contributed by atoms with Gasteiger partial charge in [-0.05, 0) is 17.3 Å². The van der Waals surface area contributed by atoms with Gasteiger partial charge in [0.1, 0.15) is 7.85 Å². The highest BCUT2D eigenvalue weighted by Gasteiger charge is 2.29. The fourth-order valence-electron chi connectivity index (χ4n) is 1.89. The van der Waals surface area contributed by atoms with E-state index in [1.165, 1.54) is 0 Å². The van der Waals surface area contributed by atoms with Gasteiger partial charge in [0.15, 0.2) is 0 Å². The maximum absolute atomic E-state index is 10.6. The topological polar surface area (TPSA) is 37.3 Å². The molecule has 0 rings (SSSR count). The van der Waals surface area contributed by atoms with Crippen LogP contribution in [0.1, 0.15) is 40.5 Å². The third-order valence-corrected chi connectivity index (χ3v) is 2.54. The van der Waals surface area contributed by atoms with Crippen LogP contribution >= 0.6 is 0 Å². The SMILES string of the molecule is BCC(C)(C)CC(C)(C)CC(=O)O. The van der Waals surface area contributed by atoms with Crippen molar-refractivity contribution in [2.24, 2.45) is 10.8 Å². The van der Waals surface area contributed by atoms with E-state index in [9.17, 15) is 4.79 Å². The lowest BCUT2D eigenvalue weighted by molar-refractivity contribution is -0.139. The predicted octanol–water partition coefficient (Wildman–Crippen LogP) is 1.96. The summed E-state index contributed by atoms with van der Waals surface area (Å²) in [6.45, 7) is 8.43. The molecule has 0 spiro atoms. The van der Waals surface area contributed by atoms with Crippen molar-refractivity contribution >= 4 is 13.8 Å². The zero-order valence-electron chi connectivity index (χ0n) is 9.48. The van der Waals surface area contributed by atoms with Crippen molar-refractivity contribution in [3.63, 3.8) is 0 Å². The maximum atomic E-state index is 10.6. The number of hydrogen-bond acceptors (Lipinski definition) is 1. The molecule has 2 nitrogen and oxygen atoms in total. The van der Waals surface area contributed by atoms with Gasteiger partial charge < -0.3 is 5.11 Å². The van der Waals surface area contributed by atoms with E-state index >= 15 is 0 Å². The Labute approximate surface area is 82.1 Å². The van der Waals surface area contributed by atoms with E-state index in [-0.39, 0.29) is 17.3 Å². The quantitative estimate of drug-likeness (QED) is 0.663. The Morgan fingerprint density at radius 3 is 2.00 bits per heavy atom. The minimum absolute atomic E-state index is 0.0919. The third-order valence-electron chi connectivity index (χ3n) is 2.54. The molecular weight excluding hydrogens is 163 g/mol. The number of rotatable bonds is 5. The van der Waals surface area contributed by atoms with Crippen LogP contribution in [0.4, 0.5) is 0 Å². The summed E-state index contributed by atoms with van der Waals surface area (Å²) in [6, 6.07) is 0. The molecule has 0 saturated carbocycles. The second-order valence-electron chi connectivity index (χ2n) is 5.43. The Morgan fingerprint density at radius 1 is 1.23 bits per heavy atom. The molecule has 3 heteroatoms. The molecule has 76 valence electrons. The molecular formula is C10H21BO2. The Hall–Kier alpha value is -0.465. The van der Waals surface area contributed by atoms with Crippen LogP contribution < -0.4 is 0 Å². The Kier molecular flexibility index (Phi) is 4.01. The van der Waals surface area contributed by atoms with Crippen LogP contribution in [0.15, 0.2) is 0 Å². The van der Waals surface area contributed by atoms with E-state index in [0.29, 0.717) is 0 Å². The van der Waals surface area contributed by atoms with Gasteiger partial charge in [0.25, 0.3) is 0 Å². The van der Waals surface area contributed by atoms with Crippen LogP contribution in [0, 0.1) is 10.8 Å². The Bertz CT molecular complexity index is 185. The largest absolute Gasteiger partial charge is 0.481 e. The average molecular weight is 184 g/mol. The molecule has 0 radical (unpaired) electrons. The summed E-state index contributed by atoms with van der Waals surface area (Å²) in [4.78, 5) is 10.6. The highest BCUT2D eigenvalue weighted by atomic mass is 16.4. The molecule has 0 unspecified atom stereocenters. The van der Waals surface area contributed by atoms with Gasteiger partial charge in [-0.3, -0.25) is 4.79 Å². The molecule has 0 aliphatic heterocycles. The van der Waals surface area contributed by atoms with Gasteiger partial charge in [0.2, 0.25) is 0 Å². The number of aliphatic carboxylic acids is 1. The number of hydrogen-bond donors (Lipinski definition) is 1. The molecule has 0 aromatic heterocycles. The van der Waals surface area contributed by atoms with E-state index in [2.05, 4.69) is 21.7 Å². The molecule has 0 amide bonds. The molecule has 0 aromatic rings. The molecule has 0 saturated heterocycles. The van der Waals surface area contributed by atoms with Gasteiger partial charge in [-0.1, -0.05) is 34.0 Å². The van der Waals surface area contributed by atoms with Crippen LogP contribution in [0.25, 0.3) is 0 Å². The molecule has 0 atom stereocenters. The highest BCUT2D eigenvalue weighted by Crippen LogP contribution is 2.37. The van der Waals surface area contributed by atoms with Crippen LogP contribution in [-0.4, -0.2) is 18.9 Å². The number of carboxylic acid groups (broad SMARTS) is 1. The summed E-state index contributed by atoms with van der Waals surface area (Å²) >= 11 is 0. The van der Waals surface area contributed by atoms with Crippen molar-refractivity contribution in [1.29, 1.82) is 0 Å². The van der Waals surface area contributed by atoms with Crippen molar-refractivity contribution in [3.8, 4) is 0 Å². The predicted molar refractivity (Wildman–Crippen MR) is 57.8 cm³/mol. The van der Waals surface area contributed by atoms with Gasteiger partial charge in [0.05, 0.1) is 6.42 Å². The van der Waals surface area contributed by atoms with Crippen LogP contribution in [0.3, 0.4) is 0 Å². The van der Waals surface area contributed by atoms with E-state index in [1.54, 1.807) is 0 Å². The molecule has 0 aliphatic carbocycles. The van der Waals surface area contributed by atoms with Crippen molar-refractivity contribution in [1.82, 2.24) is 0 Å². The molecule has 0 bridgehead atoms. The molecule has 1 N–H and O–H groups in total. The summed E-state index contributed by atoms with van der Waals surface area (Å²) in [5.41, 5.74) is 0.157. The van der Waals surface area contributed by atoms with Gasteiger partial charge in [-0.15, -0.1) is 0 Å². The van der Waals surface area contributed by atoms with E-state index < -0.39 is 5.97 Å². The highest BCUT2D eigenvalue weighted by molar-refractivity contribution is 6.08. The normalized spacial score (nSPS) is 12.9. The first-order valence-electron chi connectivity index (χ1n) is 4.90.